The van der Waals surface area contributed by atoms with E-state index in [1.165, 1.54) is 19.9 Å². The molecule has 7 nitrogen and oxygen atoms in total. The Kier molecular flexibility index (Phi) is 7.10. The zero-order chi connectivity index (χ0) is 23.4. The van der Waals surface area contributed by atoms with Crippen molar-refractivity contribution in [3.63, 3.8) is 0 Å². The highest BCUT2D eigenvalue weighted by Gasteiger charge is 2.26. The molecule has 0 bridgehead atoms. The number of hydrogen-bond acceptors (Lipinski definition) is 6. The number of benzene rings is 2. The van der Waals surface area contributed by atoms with Crippen molar-refractivity contribution in [3.05, 3.63) is 59.2 Å². The van der Waals surface area contributed by atoms with Gasteiger partial charge >= 0.3 is 0 Å². The summed E-state index contributed by atoms with van der Waals surface area (Å²) in [5, 5.41) is 11.1. The molecule has 3 aromatic rings. The molecule has 0 aliphatic rings. The number of rotatable bonds is 9. The third-order valence-corrected chi connectivity index (χ3v) is 5.56. The molecular formula is C25H28N2O5. The minimum absolute atomic E-state index is 0.0152. The van der Waals surface area contributed by atoms with Crippen molar-refractivity contribution < 1.29 is 24.2 Å². The molecule has 0 aliphatic heterocycles. The number of nitrogens with zero attached hydrogens (tertiary/aromatic N) is 2. The van der Waals surface area contributed by atoms with Gasteiger partial charge in [-0.3, -0.25) is 19.0 Å². The van der Waals surface area contributed by atoms with Crippen molar-refractivity contribution in [3.8, 4) is 11.6 Å². The van der Waals surface area contributed by atoms with Gasteiger partial charge in [-0.05, 0) is 50.3 Å². The summed E-state index contributed by atoms with van der Waals surface area (Å²) in [4.78, 5) is 39.6. The van der Waals surface area contributed by atoms with Crippen LogP contribution in [0.4, 0.5) is 0 Å². The highest BCUT2D eigenvalue weighted by Crippen LogP contribution is 2.34. The summed E-state index contributed by atoms with van der Waals surface area (Å²) in [6, 6.07) is 11.4. The standard InChI is InChI=1S/C25H28N2O5/c1-5-26(6-2)12-13-32-20-9-7-8-19(14-20)24(30)23-21-15-18(16(3)28)10-11-22(21)27(17(4)29)25(23)31/h7-11,14-15,31H,5-6,12-13H2,1-4H3. The summed E-state index contributed by atoms with van der Waals surface area (Å²) in [5.41, 5.74) is 1.06. The lowest BCUT2D eigenvalue weighted by Gasteiger charge is -2.18. The quantitative estimate of drug-likeness (QED) is 0.507. The molecule has 0 aliphatic carbocycles. The van der Waals surface area contributed by atoms with E-state index in [1.54, 1.807) is 36.4 Å². The number of carbonyl (C=O) groups excluding carboxylic acids is 3. The molecule has 0 saturated heterocycles. The molecule has 3 rings (SSSR count). The molecule has 7 heteroatoms. The Morgan fingerprint density at radius 1 is 1.00 bits per heavy atom. The fourth-order valence-electron chi connectivity index (χ4n) is 3.74. The molecule has 0 saturated carbocycles. The predicted molar refractivity (Wildman–Crippen MR) is 123 cm³/mol. The van der Waals surface area contributed by atoms with Crippen LogP contribution in [-0.2, 0) is 0 Å². The number of Topliss-reactive ketones (excluding diaryl/α,β-unsaturated/α-hetero) is 1. The normalized spacial score (nSPS) is 11.2. The third kappa shape index (κ3) is 4.57. The van der Waals surface area contributed by atoms with Crippen LogP contribution in [0.15, 0.2) is 42.5 Å². The zero-order valence-electron chi connectivity index (χ0n) is 18.8. The maximum Gasteiger partial charge on any atom is 0.230 e. The van der Waals surface area contributed by atoms with Gasteiger partial charge in [0.2, 0.25) is 11.8 Å². The Hall–Kier alpha value is -3.45. The van der Waals surface area contributed by atoms with Crippen molar-refractivity contribution in [2.45, 2.75) is 27.7 Å². The lowest BCUT2D eigenvalue weighted by Crippen LogP contribution is -2.27. The van der Waals surface area contributed by atoms with Gasteiger partial charge in [-0.15, -0.1) is 0 Å². The zero-order valence-corrected chi connectivity index (χ0v) is 18.8. The summed E-state index contributed by atoms with van der Waals surface area (Å²) in [6.45, 7) is 10.0. The Balaban J connectivity index is 1.99. The number of ether oxygens (including phenoxy) is 1. The molecule has 1 aromatic heterocycles. The molecule has 0 atom stereocenters. The molecule has 168 valence electrons. The molecule has 0 unspecified atom stereocenters. The second-order valence-electron chi connectivity index (χ2n) is 7.57. The van der Waals surface area contributed by atoms with E-state index in [4.69, 9.17) is 4.74 Å². The Morgan fingerprint density at radius 2 is 1.72 bits per heavy atom. The first-order valence-corrected chi connectivity index (χ1v) is 10.7. The smallest absolute Gasteiger partial charge is 0.230 e. The number of ketones is 2. The van der Waals surface area contributed by atoms with Gasteiger partial charge in [0.1, 0.15) is 12.4 Å². The largest absolute Gasteiger partial charge is 0.494 e. The van der Waals surface area contributed by atoms with E-state index >= 15 is 0 Å². The van der Waals surface area contributed by atoms with Crippen molar-refractivity contribution in [1.29, 1.82) is 0 Å². The van der Waals surface area contributed by atoms with Gasteiger partial charge in [0.25, 0.3) is 0 Å². The number of aromatic hydroxyl groups is 1. The van der Waals surface area contributed by atoms with Crippen LogP contribution in [0.3, 0.4) is 0 Å². The van der Waals surface area contributed by atoms with E-state index in [0.29, 0.717) is 34.4 Å². The van der Waals surface area contributed by atoms with E-state index in [9.17, 15) is 19.5 Å². The van der Waals surface area contributed by atoms with E-state index in [-0.39, 0.29) is 11.3 Å². The van der Waals surface area contributed by atoms with Crippen LogP contribution < -0.4 is 4.74 Å². The number of aromatic nitrogens is 1. The van der Waals surface area contributed by atoms with Crippen LogP contribution >= 0.6 is 0 Å². The van der Waals surface area contributed by atoms with E-state index in [2.05, 4.69) is 18.7 Å². The highest BCUT2D eigenvalue weighted by atomic mass is 16.5. The molecule has 0 fully saturated rings. The SMILES string of the molecule is CCN(CC)CCOc1cccc(C(=O)c2c(O)n(C(C)=O)c3ccc(C(C)=O)cc23)c1. The third-order valence-electron chi connectivity index (χ3n) is 5.56. The van der Waals surface area contributed by atoms with Crippen molar-refractivity contribution in [1.82, 2.24) is 9.47 Å². The Bertz CT molecular complexity index is 1170. The second-order valence-corrected chi connectivity index (χ2v) is 7.57. The lowest BCUT2D eigenvalue weighted by molar-refractivity contribution is 0.0932. The summed E-state index contributed by atoms with van der Waals surface area (Å²) < 4.78 is 6.90. The van der Waals surface area contributed by atoms with Gasteiger partial charge < -0.3 is 14.7 Å². The Labute approximate surface area is 187 Å². The molecule has 2 aromatic carbocycles. The summed E-state index contributed by atoms with van der Waals surface area (Å²) in [7, 11) is 0. The molecule has 0 radical (unpaired) electrons. The van der Waals surface area contributed by atoms with Crippen LogP contribution in [0.25, 0.3) is 10.9 Å². The first kappa shape index (κ1) is 23.2. The maximum atomic E-state index is 13.4. The minimum Gasteiger partial charge on any atom is -0.494 e. The van der Waals surface area contributed by atoms with Crippen molar-refractivity contribution in [2.24, 2.45) is 0 Å². The average molecular weight is 437 g/mol. The topological polar surface area (TPSA) is 88.8 Å². The monoisotopic (exact) mass is 436 g/mol. The number of likely N-dealkylation sites (N-methyl/N-ethyl adjacent to an activating group) is 1. The van der Waals surface area contributed by atoms with Gasteiger partial charge in [-0.1, -0.05) is 26.0 Å². The molecule has 0 amide bonds. The summed E-state index contributed by atoms with van der Waals surface area (Å²) in [6.07, 6.45) is 0. The number of hydrogen-bond donors (Lipinski definition) is 1. The minimum atomic E-state index is -0.456. The molecular weight excluding hydrogens is 408 g/mol. The van der Waals surface area contributed by atoms with Gasteiger partial charge in [-0.2, -0.15) is 0 Å². The van der Waals surface area contributed by atoms with E-state index in [0.717, 1.165) is 24.2 Å². The molecule has 32 heavy (non-hydrogen) atoms. The Morgan fingerprint density at radius 3 is 2.34 bits per heavy atom. The van der Waals surface area contributed by atoms with E-state index < -0.39 is 17.6 Å². The number of carbonyl (C=O) groups is 3. The van der Waals surface area contributed by atoms with E-state index in [1.807, 2.05) is 0 Å². The van der Waals surface area contributed by atoms with Crippen LogP contribution in [0, 0.1) is 0 Å². The summed E-state index contributed by atoms with van der Waals surface area (Å²) in [5.74, 6) is -0.963. The lowest BCUT2D eigenvalue weighted by atomic mass is 10.00. The van der Waals surface area contributed by atoms with Crippen molar-refractivity contribution >= 4 is 28.4 Å². The molecule has 1 heterocycles. The van der Waals surface area contributed by atoms with Gasteiger partial charge in [0, 0.05) is 30.0 Å². The van der Waals surface area contributed by atoms with Gasteiger partial charge in [0.05, 0.1) is 11.1 Å². The second kappa shape index (κ2) is 9.78. The average Bonchev–Trinajstić information content (AvgIpc) is 3.07. The molecule has 0 spiro atoms. The summed E-state index contributed by atoms with van der Waals surface area (Å²) >= 11 is 0. The number of fused-ring (bicyclic) bond motifs is 1. The predicted octanol–water partition coefficient (Wildman–Crippen LogP) is 4.16. The highest BCUT2D eigenvalue weighted by molar-refractivity contribution is 6.20. The van der Waals surface area contributed by atoms with Gasteiger partial charge in [0.15, 0.2) is 11.6 Å². The fraction of sp³-hybridized carbons (Fsp3) is 0.320. The maximum absolute atomic E-state index is 13.4. The van der Waals surface area contributed by atoms with Crippen LogP contribution in [0.5, 0.6) is 11.6 Å². The molecule has 1 N–H and O–H groups in total. The van der Waals surface area contributed by atoms with Gasteiger partial charge in [-0.25, -0.2) is 0 Å². The van der Waals surface area contributed by atoms with Crippen LogP contribution in [0.1, 0.15) is 58.8 Å². The first-order chi connectivity index (χ1) is 15.3. The van der Waals surface area contributed by atoms with Crippen LogP contribution in [-0.4, -0.2) is 58.3 Å². The van der Waals surface area contributed by atoms with Crippen LogP contribution in [0.2, 0.25) is 0 Å². The van der Waals surface area contributed by atoms with Crippen molar-refractivity contribution in [2.75, 3.05) is 26.2 Å². The fourth-order valence-corrected chi connectivity index (χ4v) is 3.74. The first-order valence-electron chi connectivity index (χ1n) is 10.7.